The molecule has 2 amide bonds. The molecular weight excluding hydrogens is 400 g/mol. The summed E-state index contributed by atoms with van der Waals surface area (Å²) < 4.78 is 12.0. The predicted octanol–water partition coefficient (Wildman–Crippen LogP) is 1.04. The van der Waals surface area contributed by atoms with Crippen LogP contribution in [0.1, 0.15) is 39.5 Å². The fraction of sp³-hybridized carbons (Fsp3) is 0.696. The van der Waals surface area contributed by atoms with Crippen molar-refractivity contribution < 1.29 is 29.0 Å². The highest BCUT2D eigenvalue weighted by Gasteiger charge is 2.71. The first-order chi connectivity index (χ1) is 14.9. The van der Waals surface area contributed by atoms with Gasteiger partial charge in [0.1, 0.15) is 17.6 Å². The molecule has 0 aromatic rings. The molecule has 0 aliphatic carbocycles. The molecular formula is C23H32N2O6. The van der Waals surface area contributed by atoms with Crippen molar-refractivity contribution in [2.45, 2.75) is 63.3 Å². The number of rotatable bonds is 5. The van der Waals surface area contributed by atoms with E-state index in [0.717, 1.165) is 12.8 Å². The number of fused-ring (bicyclic) bond motifs is 2. The summed E-state index contributed by atoms with van der Waals surface area (Å²) in [6.07, 6.45) is 9.53. The van der Waals surface area contributed by atoms with E-state index in [9.17, 15) is 19.5 Å². The maximum absolute atomic E-state index is 13.7. The second-order valence-electron chi connectivity index (χ2n) is 9.03. The largest absolute Gasteiger partial charge is 0.465 e. The molecule has 8 heteroatoms. The summed E-state index contributed by atoms with van der Waals surface area (Å²) in [6.45, 7) is 4.98. The van der Waals surface area contributed by atoms with Gasteiger partial charge in [-0.05, 0) is 39.5 Å². The van der Waals surface area contributed by atoms with Crippen LogP contribution in [0.25, 0.3) is 0 Å². The smallest absolute Gasteiger partial charge is 0.312 e. The number of aliphatic hydroxyl groups excluding tert-OH is 1. The zero-order chi connectivity index (χ0) is 22.2. The SMILES string of the molecule is CC(C)N1CC=C[C@]23O[C@H]4/C=C\CCCOC(=O)[C@H]4[C@H]2C(=O)N(CCCCO)C3C1=O. The summed E-state index contributed by atoms with van der Waals surface area (Å²) in [6, 6.07) is -0.870. The number of likely N-dealkylation sites (tertiary alicyclic amines) is 1. The zero-order valence-corrected chi connectivity index (χ0v) is 18.2. The number of ether oxygens (including phenoxy) is 2. The number of cyclic esters (lactones) is 1. The monoisotopic (exact) mass is 432 g/mol. The maximum Gasteiger partial charge on any atom is 0.312 e. The highest BCUT2D eigenvalue weighted by atomic mass is 16.6. The molecule has 0 bridgehead atoms. The van der Waals surface area contributed by atoms with Gasteiger partial charge in [0.25, 0.3) is 0 Å². The van der Waals surface area contributed by atoms with Crippen LogP contribution in [0.5, 0.6) is 0 Å². The van der Waals surface area contributed by atoms with Gasteiger partial charge in [-0.25, -0.2) is 0 Å². The van der Waals surface area contributed by atoms with Crippen molar-refractivity contribution in [3.63, 3.8) is 0 Å². The van der Waals surface area contributed by atoms with Crippen LogP contribution >= 0.6 is 0 Å². The van der Waals surface area contributed by atoms with Crippen molar-refractivity contribution in [1.82, 2.24) is 9.80 Å². The van der Waals surface area contributed by atoms with Crippen LogP contribution in [0.2, 0.25) is 0 Å². The van der Waals surface area contributed by atoms with Crippen molar-refractivity contribution in [1.29, 1.82) is 0 Å². The molecule has 170 valence electrons. The van der Waals surface area contributed by atoms with Crippen LogP contribution in [-0.2, 0) is 23.9 Å². The first kappa shape index (κ1) is 22.0. The fourth-order valence-electron chi connectivity index (χ4n) is 5.37. The Morgan fingerprint density at radius 1 is 1.19 bits per heavy atom. The number of amides is 2. The Hall–Kier alpha value is -2.19. The van der Waals surface area contributed by atoms with E-state index in [2.05, 4.69) is 0 Å². The number of nitrogens with zero attached hydrogens (tertiary/aromatic N) is 2. The lowest BCUT2D eigenvalue weighted by molar-refractivity contribution is -0.155. The van der Waals surface area contributed by atoms with Gasteiger partial charge >= 0.3 is 5.97 Å². The van der Waals surface area contributed by atoms with Crippen molar-refractivity contribution >= 4 is 17.8 Å². The van der Waals surface area contributed by atoms with E-state index in [-0.39, 0.29) is 24.5 Å². The Balaban J connectivity index is 1.79. The standard InChI is InChI=1S/C23H32N2O6/c1-15(2)24-12-8-10-23-18(17-16(31-23)9-4-3-7-14-30-22(17)29)20(27)25(11-5-6-13-26)19(23)21(24)28/h4,8-10,15-19,26H,3,5-7,11-14H2,1-2H3/b9-4-/t16-,17+,18-,19?,23-/m0/s1. The van der Waals surface area contributed by atoms with E-state index in [1.807, 2.05) is 38.2 Å². The van der Waals surface area contributed by atoms with Gasteiger partial charge < -0.3 is 24.4 Å². The molecule has 1 N–H and O–H groups in total. The number of allylic oxidation sites excluding steroid dienone is 1. The minimum atomic E-state index is -1.20. The summed E-state index contributed by atoms with van der Waals surface area (Å²) >= 11 is 0. The van der Waals surface area contributed by atoms with Crippen LogP contribution in [0, 0.1) is 11.8 Å². The number of hydrogen-bond acceptors (Lipinski definition) is 6. The fourth-order valence-corrected chi connectivity index (χ4v) is 5.37. The average Bonchev–Trinajstić information content (AvgIpc) is 3.13. The lowest BCUT2D eigenvalue weighted by Gasteiger charge is -2.36. The Bertz CT molecular complexity index is 793. The van der Waals surface area contributed by atoms with E-state index in [1.165, 1.54) is 0 Å². The van der Waals surface area contributed by atoms with Crippen molar-refractivity contribution in [3.05, 3.63) is 24.3 Å². The average molecular weight is 433 g/mol. The molecule has 0 radical (unpaired) electrons. The molecule has 1 unspecified atom stereocenters. The Kier molecular flexibility index (Phi) is 6.21. The third-order valence-corrected chi connectivity index (χ3v) is 6.81. The first-order valence-electron chi connectivity index (χ1n) is 11.3. The first-order valence-corrected chi connectivity index (χ1v) is 11.3. The molecule has 4 heterocycles. The normalized spacial score (nSPS) is 36.3. The number of hydrogen-bond donors (Lipinski definition) is 1. The van der Waals surface area contributed by atoms with Gasteiger partial charge in [0, 0.05) is 25.7 Å². The number of unbranched alkanes of at least 4 members (excludes halogenated alkanes) is 1. The van der Waals surface area contributed by atoms with E-state index < -0.39 is 35.6 Å². The summed E-state index contributed by atoms with van der Waals surface area (Å²) in [7, 11) is 0. The van der Waals surface area contributed by atoms with Crippen molar-refractivity contribution in [2.75, 3.05) is 26.3 Å². The summed E-state index contributed by atoms with van der Waals surface area (Å²) in [5, 5.41) is 9.20. The van der Waals surface area contributed by atoms with Gasteiger partial charge in [-0.1, -0.05) is 24.3 Å². The highest BCUT2D eigenvalue weighted by molar-refractivity contribution is 5.99. The van der Waals surface area contributed by atoms with E-state index in [0.29, 0.717) is 32.5 Å². The molecule has 31 heavy (non-hydrogen) atoms. The second kappa shape index (κ2) is 8.74. The van der Waals surface area contributed by atoms with E-state index in [1.54, 1.807) is 9.80 Å². The lowest BCUT2D eigenvalue weighted by Crippen LogP contribution is -2.56. The van der Waals surface area contributed by atoms with Crippen LogP contribution < -0.4 is 0 Å². The van der Waals surface area contributed by atoms with Gasteiger partial charge in [-0.2, -0.15) is 0 Å². The van der Waals surface area contributed by atoms with Gasteiger partial charge in [0.15, 0.2) is 0 Å². The minimum absolute atomic E-state index is 0.0194. The Morgan fingerprint density at radius 3 is 2.74 bits per heavy atom. The quantitative estimate of drug-likeness (QED) is 0.396. The molecule has 5 atom stereocenters. The van der Waals surface area contributed by atoms with Crippen LogP contribution in [-0.4, -0.2) is 82.8 Å². The number of carbonyl (C=O) groups excluding carboxylic acids is 3. The van der Waals surface area contributed by atoms with E-state index in [4.69, 9.17) is 9.47 Å². The molecule has 4 rings (SSSR count). The molecule has 1 spiro atoms. The van der Waals surface area contributed by atoms with Gasteiger partial charge in [-0.15, -0.1) is 0 Å². The molecule has 0 saturated carbocycles. The molecule has 8 nitrogen and oxygen atoms in total. The van der Waals surface area contributed by atoms with Crippen LogP contribution in [0.3, 0.4) is 0 Å². The van der Waals surface area contributed by atoms with Crippen molar-refractivity contribution in [3.8, 4) is 0 Å². The van der Waals surface area contributed by atoms with Crippen molar-refractivity contribution in [2.24, 2.45) is 11.8 Å². The van der Waals surface area contributed by atoms with E-state index >= 15 is 0 Å². The Morgan fingerprint density at radius 2 is 2.00 bits per heavy atom. The second-order valence-corrected chi connectivity index (χ2v) is 9.03. The third kappa shape index (κ3) is 3.59. The molecule has 0 aromatic carbocycles. The van der Waals surface area contributed by atoms with Crippen LogP contribution in [0.15, 0.2) is 24.3 Å². The summed E-state index contributed by atoms with van der Waals surface area (Å²) in [5.74, 6) is -2.43. The Labute approximate surface area is 182 Å². The topological polar surface area (TPSA) is 96.4 Å². The van der Waals surface area contributed by atoms with Crippen LogP contribution in [0.4, 0.5) is 0 Å². The third-order valence-electron chi connectivity index (χ3n) is 6.81. The summed E-state index contributed by atoms with van der Waals surface area (Å²) in [4.78, 5) is 43.7. The van der Waals surface area contributed by atoms with Gasteiger partial charge in [0.05, 0.1) is 18.6 Å². The number of esters is 1. The maximum atomic E-state index is 13.7. The molecule has 0 aromatic heterocycles. The molecule has 2 fully saturated rings. The highest BCUT2D eigenvalue weighted by Crippen LogP contribution is 2.53. The minimum Gasteiger partial charge on any atom is -0.465 e. The summed E-state index contributed by atoms with van der Waals surface area (Å²) in [5.41, 5.74) is -1.20. The zero-order valence-electron chi connectivity index (χ0n) is 18.2. The molecule has 4 aliphatic heterocycles. The predicted molar refractivity (Wildman–Crippen MR) is 112 cm³/mol. The number of carbonyl (C=O) groups is 3. The lowest BCUT2D eigenvalue weighted by atomic mass is 9.78. The molecule has 2 saturated heterocycles. The number of aliphatic hydroxyl groups is 1. The van der Waals surface area contributed by atoms with Gasteiger partial charge in [-0.3, -0.25) is 14.4 Å². The van der Waals surface area contributed by atoms with Gasteiger partial charge in [0.2, 0.25) is 11.8 Å². The molecule has 4 aliphatic rings.